The van der Waals surface area contributed by atoms with Gasteiger partial charge in [0, 0.05) is 0 Å². The van der Waals surface area contributed by atoms with Crippen LogP contribution in [-0.4, -0.2) is 40.9 Å². The predicted molar refractivity (Wildman–Crippen MR) is 58.9 cm³/mol. The van der Waals surface area contributed by atoms with Crippen molar-refractivity contribution in [1.82, 2.24) is 0 Å². The average Bonchev–Trinajstić information content (AvgIpc) is 2.60. The second-order valence-electron chi connectivity index (χ2n) is 4.98. The van der Waals surface area contributed by atoms with Gasteiger partial charge in [-0.3, -0.25) is 0 Å². The Morgan fingerprint density at radius 1 is 1.31 bits per heavy atom. The second-order valence-corrected chi connectivity index (χ2v) is 4.98. The number of aliphatic hydroxyl groups is 2. The Hall–Kier alpha value is -0.160. The van der Waals surface area contributed by atoms with Crippen molar-refractivity contribution in [1.29, 1.82) is 0 Å². The molecule has 2 rings (SSSR count). The summed E-state index contributed by atoms with van der Waals surface area (Å²) >= 11 is 0. The highest BCUT2D eigenvalue weighted by Crippen LogP contribution is 2.31. The van der Waals surface area contributed by atoms with E-state index in [-0.39, 0.29) is 12.7 Å². The number of hydrogen-bond acceptors (Lipinski definition) is 4. The molecule has 1 aliphatic carbocycles. The fourth-order valence-electron chi connectivity index (χ4n) is 2.47. The molecule has 1 saturated carbocycles. The van der Waals surface area contributed by atoms with Crippen molar-refractivity contribution in [3.63, 3.8) is 0 Å². The largest absolute Gasteiger partial charge is 0.385 e. The fourth-order valence-corrected chi connectivity index (χ4v) is 2.47. The van der Waals surface area contributed by atoms with Gasteiger partial charge in [0.15, 0.2) is 6.29 Å². The Morgan fingerprint density at radius 2 is 2.00 bits per heavy atom. The molecule has 1 saturated heterocycles. The van der Waals surface area contributed by atoms with E-state index in [4.69, 9.17) is 9.47 Å². The first kappa shape index (κ1) is 12.3. The Morgan fingerprint density at radius 3 is 2.56 bits per heavy atom. The molecule has 1 aliphatic heterocycles. The van der Waals surface area contributed by atoms with E-state index in [2.05, 4.69) is 0 Å². The molecule has 0 amide bonds. The number of aliphatic hydroxyl groups excluding tert-OH is 1. The minimum Gasteiger partial charge on any atom is -0.385 e. The number of rotatable bonds is 3. The summed E-state index contributed by atoms with van der Waals surface area (Å²) in [7, 11) is 0. The lowest BCUT2D eigenvalue weighted by Gasteiger charge is -2.28. The third-order valence-electron chi connectivity index (χ3n) is 3.80. The summed E-state index contributed by atoms with van der Waals surface area (Å²) in [4.78, 5) is 0. The third kappa shape index (κ3) is 2.40. The molecule has 1 heterocycles. The van der Waals surface area contributed by atoms with Gasteiger partial charge >= 0.3 is 0 Å². The van der Waals surface area contributed by atoms with Crippen LogP contribution >= 0.6 is 0 Å². The first-order valence-electron chi connectivity index (χ1n) is 6.33. The van der Waals surface area contributed by atoms with Crippen LogP contribution in [0.2, 0.25) is 0 Å². The van der Waals surface area contributed by atoms with E-state index in [1.165, 1.54) is 19.3 Å². The van der Waals surface area contributed by atoms with Crippen LogP contribution in [0.3, 0.4) is 0 Å². The molecule has 0 aromatic carbocycles. The Labute approximate surface area is 96.6 Å². The van der Waals surface area contributed by atoms with E-state index >= 15 is 0 Å². The summed E-state index contributed by atoms with van der Waals surface area (Å²) in [5.41, 5.74) is -1.13. The second kappa shape index (κ2) is 5.00. The van der Waals surface area contributed by atoms with Gasteiger partial charge < -0.3 is 19.7 Å². The molecule has 0 aromatic heterocycles. The van der Waals surface area contributed by atoms with Crippen LogP contribution in [0.1, 0.15) is 45.4 Å². The third-order valence-corrected chi connectivity index (χ3v) is 3.80. The van der Waals surface area contributed by atoms with Gasteiger partial charge in [0.1, 0.15) is 11.7 Å². The van der Waals surface area contributed by atoms with E-state index in [0.29, 0.717) is 6.42 Å². The van der Waals surface area contributed by atoms with Crippen molar-refractivity contribution < 1.29 is 19.7 Å². The zero-order chi connectivity index (χ0) is 11.6. The van der Waals surface area contributed by atoms with Crippen LogP contribution in [0.4, 0.5) is 0 Å². The number of hydrogen-bond donors (Lipinski definition) is 2. The van der Waals surface area contributed by atoms with E-state index in [1.807, 2.05) is 6.92 Å². The van der Waals surface area contributed by atoms with Gasteiger partial charge in [0.25, 0.3) is 0 Å². The maximum atomic E-state index is 10.0. The average molecular weight is 230 g/mol. The Balaban J connectivity index is 1.86. The van der Waals surface area contributed by atoms with Crippen molar-refractivity contribution in [2.24, 2.45) is 0 Å². The van der Waals surface area contributed by atoms with Crippen LogP contribution in [0, 0.1) is 0 Å². The molecule has 2 aliphatic rings. The van der Waals surface area contributed by atoms with Gasteiger partial charge in [-0.1, -0.05) is 26.2 Å². The summed E-state index contributed by atoms with van der Waals surface area (Å²) in [5.74, 6) is 0. The van der Waals surface area contributed by atoms with E-state index < -0.39 is 18.0 Å². The SMILES string of the molecule is CC[C@@]1(O)CO[C@@H](OC2CCCCC2)[C@@H]1O. The molecule has 0 aromatic rings. The molecule has 0 bridgehead atoms. The van der Waals surface area contributed by atoms with Gasteiger partial charge in [0.05, 0.1) is 12.7 Å². The predicted octanol–water partition coefficient (Wildman–Crippen LogP) is 1.19. The molecule has 16 heavy (non-hydrogen) atoms. The van der Waals surface area contributed by atoms with Gasteiger partial charge in [-0.2, -0.15) is 0 Å². The first-order chi connectivity index (χ1) is 7.65. The van der Waals surface area contributed by atoms with E-state index in [9.17, 15) is 10.2 Å². The lowest BCUT2D eigenvalue weighted by molar-refractivity contribution is -0.189. The Kier molecular flexibility index (Phi) is 3.85. The molecule has 0 spiro atoms. The van der Waals surface area contributed by atoms with Gasteiger partial charge in [-0.25, -0.2) is 0 Å². The van der Waals surface area contributed by atoms with Gasteiger partial charge in [-0.05, 0) is 19.3 Å². The normalized spacial score (nSPS) is 41.4. The maximum Gasteiger partial charge on any atom is 0.186 e. The van der Waals surface area contributed by atoms with Crippen molar-refractivity contribution >= 4 is 0 Å². The molecule has 94 valence electrons. The summed E-state index contributed by atoms with van der Waals surface area (Å²) in [5, 5.41) is 20.0. The monoisotopic (exact) mass is 230 g/mol. The van der Waals surface area contributed by atoms with E-state index in [0.717, 1.165) is 12.8 Å². The van der Waals surface area contributed by atoms with Crippen molar-refractivity contribution in [2.75, 3.05) is 6.61 Å². The molecular weight excluding hydrogens is 208 g/mol. The summed E-state index contributed by atoms with van der Waals surface area (Å²) in [6.07, 6.45) is 4.83. The van der Waals surface area contributed by atoms with Crippen LogP contribution in [-0.2, 0) is 9.47 Å². The zero-order valence-corrected chi connectivity index (χ0v) is 9.89. The van der Waals surface area contributed by atoms with Crippen LogP contribution in [0.25, 0.3) is 0 Å². The smallest absolute Gasteiger partial charge is 0.186 e. The van der Waals surface area contributed by atoms with E-state index in [1.54, 1.807) is 0 Å². The van der Waals surface area contributed by atoms with Crippen molar-refractivity contribution in [2.45, 2.75) is 69.5 Å². The number of ether oxygens (including phenoxy) is 2. The molecule has 0 unspecified atom stereocenters. The van der Waals surface area contributed by atoms with Gasteiger partial charge in [-0.15, -0.1) is 0 Å². The summed E-state index contributed by atoms with van der Waals surface area (Å²) in [6.45, 7) is 2.01. The van der Waals surface area contributed by atoms with Crippen LogP contribution in [0.15, 0.2) is 0 Å². The minimum atomic E-state index is -1.13. The Bertz CT molecular complexity index is 227. The maximum absolute atomic E-state index is 10.0. The summed E-state index contributed by atoms with van der Waals surface area (Å²) < 4.78 is 11.1. The first-order valence-corrected chi connectivity index (χ1v) is 6.33. The molecule has 4 heteroatoms. The highest BCUT2D eigenvalue weighted by molar-refractivity contribution is 4.93. The zero-order valence-electron chi connectivity index (χ0n) is 9.89. The minimum absolute atomic E-state index is 0.169. The molecule has 4 nitrogen and oxygen atoms in total. The molecule has 2 fully saturated rings. The molecule has 3 atom stereocenters. The summed E-state index contributed by atoms with van der Waals surface area (Å²) in [6, 6.07) is 0. The fraction of sp³-hybridized carbons (Fsp3) is 1.00. The molecule has 2 N–H and O–H groups in total. The topological polar surface area (TPSA) is 58.9 Å². The molecule has 0 radical (unpaired) electrons. The van der Waals surface area contributed by atoms with Crippen LogP contribution < -0.4 is 0 Å². The highest BCUT2D eigenvalue weighted by atomic mass is 16.7. The molecular formula is C12H22O4. The standard InChI is InChI=1S/C12H22O4/c1-2-12(14)8-15-11(10(12)13)16-9-6-4-3-5-7-9/h9-11,13-14H,2-8H2,1H3/t10-,11-,12+/m0/s1. The lowest BCUT2D eigenvalue weighted by Crippen LogP contribution is -2.44. The van der Waals surface area contributed by atoms with Crippen molar-refractivity contribution in [3.8, 4) is 0 Å². The lowest BCUT2D eigenvalue weighted by atomic mass is 9.95. The van der Waals surface area contributed by atoms with Crippen LogP contribution in [0.5, 0.6) is 0 Å². The quantitative estimate of drug-likeness (QED) is 0.764. The van der Waals surface area contributed by atoms with Crippen molar-refractivity contribution in [3.05, 3.63) is 0 Å². The van der Waals surface area contributed by atoms with Gasteiger partial charge in [0.2, 0.25) is 0 Å². The highest BCUT2D eigenvalue weighted by Gasteiger charge is 2.48.